The lowest BCUT2D eigenvalue weighted by Gasteiger charge is -2.60. The molecule has 3 aliphatic heterocycles. The molecule has 46 heavy (non-hydrogen) atoms. The van der Waals surface area contributed by atoms with Gasteiger partial charge in [0.05, 0.1) is 12.2 Å². The van der Waals surface area contributed by atoms with Crippen LogP contribution >= 0.6 is 0 Å². The summed E-state index contributed by atoms with van der Waals surface area (Å²) >= 11 is 0. The monoisotopic (exact) mass is 634 g/mol. The Morgan fingerprint density at radius 3 is 2.52 bits per heavy atom. The third kappa shape index (κ3) is 4.09. The average Bonchev–Trinajstić information content (AvgIpc) is 3.67. The molecule has 3 N–H and O–H groups in total. The van der Waals surface area contributed by atoms with E-state index in [-0.39, 0.29) is 11.8 Å². The number of epoxide rings is 1. The highest BCUT2D eigenvalue weighted by Gasteiger charge is 2.89. The lowest BCUT2D eigenvalue weighted by molar-refractivity contribution is -0.443. The second kappa shape index (κ2) is 11.0. The van der Waals surface area contributed by atoms with E-state index in [1.165, 1.54) is 6.08 Å². The van der Waals surface area contributed by atoms with E-state index < -0.39 is 77.2 Å². The smallest absolute Gasteiger partial charge is 0.331 e. The number of benzene rings is 1. The number of hydrogen-bond donors (Lipinski definition) is 3. The van der Waals surface area contributed by atoms with Crippen molar-refractivity contribution in [1.29, 1.82) is 0 Å². The molecule has 0 spiro atoms. The second-order valence-corrected chi connectivity index (χ2v) is 14.3. The van der Waals surface area contributed by atoms with Gasteiger partial charge in [-0.2, -0.15) is 0 Å². The number of rotatable bonds is 9. The largest absolute Gasteiger partial charge is 0.456 e. The third-order valence-electron chi connectivity index (χ3n) is 11.8. The number of carbonyl (C=O) groups is 1. The molecule has 248 valence electrons. The number of ether oxygens (including phenoxy) is 5. The Kier molecular flexibility index (Phi) is 7.61. The molecular formula is C37H46O9. The highest BCUT2D eigenvalue weighted by atomic mass is 16.9. The Morgan fingerprint density at radius 2 is 1.83 bits per heavy atom. The molecule has 0 amide bonds. The number of carbonyl (C=O) groups excluding carboxylic acids is 1. The SMILES string of the molecule is C=C(C)[C@]12C[C@@H](C)[C@@]34OC(c5ccccc5)(O[C@@H]1C3[C@@H]1O[C@]1(CO)[C@@H](O)[C@@]1(O)C4C[C@H](C)[C@@H]1OC(=O)/C=C/C=C/C=C/CCC)O2. The Labute approximate surface area is 270 Å². The normalized spacial score (nSPS) is 48.4. The molecule has 3 bridgehead atoms. The molecule has 3 aliphatic carbocycles. The minimum Gasteiger partial charge on any atom is -0.456 e. The van der Waals surface area contributed by atoms with E-state index in [0.717, 1.165) is 18.4 Å². The van der Waals surface area contributed by atoms with Crippen molar-refractivity contribution in [2.45, 2.75) is 106 Å². The number of hydrogen-bond acceptors (Lipinski definition) is 9. The number of aliphatic hydroxyl groups excluding tert-OH is 2. The van der Waals surface area contributed by atoms with Crippen molar-refractivity contribution in [2.75, 3.05) is 6.61 Å². The maximum Gasteiger partial charge on any atom is 0.331 e. The van der Waals surface area contributed by atoms with Gasteiger partial charge in [-0.3, -0.25) is 0 Å². The number of allylic oxidation sites excluding steroid dienone is 5. The van der Waals surface area contributed by atoms with Gasteiger partial charge in [0.15, 0.2) is 0 Å². The molecule has 3 saturated carbocycles. The van der Waals surface area contributed by atoms with E-state index in [2.05, 4.69) is 20.4 Å². The lowest BCUT2D eigenvalue weighted by atomic mass is 9.54. The summed E-state index contributed by atoms with van der Waals surface area (Å²) in [5.74, 6) is -4.06. The first-order valence-electron chi connectivity index (χ1n) is 16.7. The zero-order valence-corrected chi connectivity index (χ0v) is 27.0. The lowest BCUT2D eigenvalue weighted by Crippen LogP contribution is -2.72. The second-order valence-electron chi connectivity index (χ2n) is 14.3. The van der Waals surface area contributed by atoms with Gasteiger partial charge in [-0.25, -0.2) is 4.79 Å². The first-order valence-corrected chi connectivity index (χ1v) is 16.7. The van der Waals surface area contributed by atoms with E-state index in [9.17, 15) is 20.1 Å². The van der Waals surface area contributed by atoms with Crippen LogP contribution in [0.4, 0.5) is 0 Å². The minimum absolute atomic E-state index is 0.227. The van der Waals surface area contributed by atoms with Crippen molar-refractivity contribution in [3.05, 3.63) is 84.5 Å². The topological polar surface area (TPSA) is 127 Å². The summed E-state index contributed by atoms with van der Waals surface area (Å²) in [6, 6.07) is 9.46. The van der Waals surface area contributed by atoms with Crippen LogP contribution in [0, 0.1) is 23.7 Å². The molecule has 3 saturated heterocycles. The molecule has 9 heteroatoms. The van der Waals surface area contributed by atoms with Crippen molar-refractivity contribution in [3.63, 3.8) is 0 Å². The first-order chi connectivity index (χ1) is 22.0. The van der Waals surface area contributed by atoms with Crippen molar-refractivity contribution >= 4 is 5.97 Å². The van der Waals surface area contributed by atoms with E-state index in [4.69, 9.17) is 23.7 Å². The number of unbranched alkanes of at least 4 members (excludes halogenated alkanes) is 1. The van der Waals surface area contributed by atoms with Gasteiger partial charge in [-0.15, -0.1) is 0 Å². The van der Waals surface area contributed by atoms with Crippen LogP contribution in [-0.4, -0.2) is 74.7 Å². The van der Waals surface area contributed by atoms with Crippen LogP contribution in [0.15, 0.2) is 78.9 Å². The fourth-order valence-electron chi connectivity index (χ4n) is 9.72. The number of fused-ring (bicyclic) bond motifs is 3. The maximum absolute atomic E-state index is 13.2. The van der Waals surface area contributed by atoms with Crippen LogP contribution in [-0.2, 0) is 34.5 Å². The summed E-state index contributed by atoms with van der Waals surface area (Å²) in [5, 5.41) is 36.0. The number of esters is 1. The summed E-state index contributed by atoms with van der Waals surface area (Å²) in [7, 11) is 0. The van der Waals surface area contributed by atoms with Gasteiger partial charge in [0.1, 0.15) is 41.2 Å². The molecule has 7 rings (SSSR count). The molecule has 3 unspecified atom stereocenters. The Morgan fingerprint density at radius 1 is 1.09 bits per heavy atom. The van der Waals surface area contributed by atoms with Crippen molar-refractivity contribution in [3.8, 4) is 0 Å². The molecule has 13 atom stereocenters. The minimum atomic E-state index is -2.01. The standard InChI is InChI=1S/C37H46O9/c1-6-7-8-9-10-11-15-18-27(39)42-29-23(4)19-26-35(29,41)32(40)34(21-38)31(43-34)28-30-33(22(2)3)20-24(5)36(26,28)46-37(44-30,45-33)25-16-13-12-14-17-25/h8-18,23-24,26,28-32,38,40-41H,2,6-7,19-21H2,1,3-5H3/b9-8+,11-10+,18-15+/t23-,24+,26?,28?,29-,30+,31-,32+,33+,34-,35+,36-,37?/m0/s1. The van der Waals surface area contributed by atoms with Crippen LogP contribution in [0.2, 0.25) is 0 Å². The van der Waals surface area contributed by atoms with Gasteiger partial charge in [-0.1, -0.05) is 94.5 Å². The van der Waals surface area contributed by atoms with Gasteiger partial charge >= 0.3 is 11.9 Å². The summed E-state index contributed by atoms with van der Waals surface area (Å²) in [6.45, 7) is 11.8. The van der Waals surface area contributed by atoms with Crippen LogP contribution < -0.4 is 0 Å². The summed E-state index contributed by atoms with van der Waals surface area (Å²) in [5.41, 5.74) is -4.13. The van der Waals surface area contributed by atoms with E-state index in [1.54, 1.807) is 12.2 Å². The van der Waals surface area contributed by atoms with E-state index in [1.807, 2.05) is 62.4 Å². The molecule has 1 aromatic carbocycles. The molecule has 9 nitrogen and oxygen atoms in total. The van der Waals surface area contributed by atoms with Gasteiger partial charge in [0.25, 0.3) is 0 Å². The number of aliphatic hydroxyl groups is 3. The quantitative estimate of drug-likeness (QED) is 0.120. The maximum atomic E-state index is 13.2. The zero-order valence-electron chi connectivity index (χ0n) is 27.0. The van der Waals surface area contributed by atoms with Crippen LogP contribution in [0.5, 0.6) is 0 Å². The summed E-state index contributed by atoms with van der Waals surface area (Å²) < 4.78 is 33.3. The fraction of sp³-hybridized carbons (Fsp3) is 0.595. The molecule has 6 fully saturated rings. The van der Waals surface area contributed by atoms with Gasteiger partial charge in [0, 0.05) is 23.5 Å². The molecule has 6 aliphatic rings. The zero-order chi connectivity index (χ0) is 32.7. The predicted molar refractivity (Wildman–Crippen MR) is 168 cm³/mol. The van der Waals surface area contributed by atoms with Crippen LogP contribution in [0.1, 0.15) is 58.9 Å². The predicted octanol–water partition coefficient (Wildman–Crippen LogP) is 4.22. The summed E-state index contributed by atoms with van der Waals surface area (Å²) in [4.78, 5) is 13.2. The highest BCUT2D eigenvalue weighted by Crippen LogP contribution is 2.75. The van der Waals surface area contributed by atoms with Crippen LogP contribution in [0.25, 0.3) is 0 Å². The molecule has 1 aromatic rings. The molecule has 0 radical (unpaired) electrons. The Bertz CT molecular complexity index is 1470. The van der Waals surface area contributed by atoms with Gasteiger partial charge < -0.3 is 39.0 Å². The van der Waals surface area contributed by atoms with E-state index >= 15 is 0 Å². The van der Waals surface area contributed by atoms with Crippen molar-refractivity contribution in [2.24, 2.45) is 23.7 Å². The first kappa shape index (κ1) is 31.9. The Balaban J connectivity index is 1.31. The molecule has 3 heterocycles. The van der Waals surface area contributed by atoms with Gasteiger partial charge in [-0.05, 0) is 43.6 Å². The van der Waals surface area contributed by atoms with E-state index in [0.29, 0.717) is 18.4 Å². The van der Waals surface area contributed by atoms with Crippen LogP contribution in [0.3, 0.4) is 0 Å². The third-order valence-corrected chi connectivity index (χ3v) is 11.8. The summed E-state index contributed by atoms with van der Waals surface area (Å²) in [6.07, 6.45) is 9.39. The molecule has 0 aromatic heterocycles. The Hall–Kier alpha value is -2.63. The fourth-order valence-corrected chi connectivity index (χ4v) is 9.72. The van der Waals surface area contributed by atoms with Crippen molar-refractivity contribution < 1.29 is 43.8 Å². The van der Waals surface area contributed by atoms with Gasteiger partial charge in [0.2, 0.25) is 0 Å². The van der Waals surface area contributed by atoms with Crippen molar-refractivity contribution in [1.82, 2.24) is 0 Å². The highest BCUT2D eigenvalue weighted by molar-refractivity contribution is 5.82. The molecular weight excluding hydrogens is 588 g/mol. The average molecular weight is 635 g/mol.